The maximum atomic E-state index is 5.66. The van der Waals surface area contributed by atoms with Gasteiger partial charge in [0.2, 0.25) is 0 Å². The molecule has 5 heteroatoms. The quantitative estimate of drug-likeness (QED) is 0.779. The number of rotatable bonds is 4. The molecule has 3 aromatic rings. The van der Waals surface area contributed by atoms with Crippen LogP contribution in [0.15, 0.2) is 36.1 Å². The Balaban J connectivity index is 2.05. The van der Waals surface area contributed by atoms with E-state index in [-0.39, 0.29) is 0 Å². The Morgan fingerprint density at radius 2 is 2.22 bits per heavy atom. The summed E-state index contributed by atoms with van der Waals surface area (Å²) in [6.07, 6.45) is 6.69. The van der Waals surface area contributed by atoms with E-state index in [1.54, 1.807) is 11.3 Å². The van der Waals surface area contributed by atoms with E-state index in [9.17, 15) is 0 Å². The van der Waals surface area contributed by atoms with Crippen LogP contribution in [0.3, 0.4) is 0 Å². The fourth-order valence-corrected chi connectivity index (χ4v) is 2.76. The van der Waals surface area contributed by atoms with Crippen LogP contribution in [0.1, 0.15) is 10.6 Å². The summed E-state index contributed by atoms with van der Waals surface area (Å²) in [6.45, 7) is 1.43. The number of nitrogens with zero attached hydrogens (tertiary/aromatic N) is 3. The van der Waals surface area contributed by atoms with Crippen LogP contribution in [0.25, 0.3) is 11.0 Å². The van der Waals surface area contributed by atoms with Crippen molar-refractivity contribution in [1.29, 1.82) is 0 Å². The first kappa shape index (κ1) is 11.4. The Bertz CT molecular complexity index is 642. The Morgan fingerprint density at radius 1 is 1.28 bits per heavy atom. The topological polar surface area (TPSA) is 56.7 Å². The number of hydrogen-bond donors (Lipinski definition) is 1. The average molecular weight is 258 g/mol. The monoisotopic (exact) mass is 258 g/mol. The highest BCUT2D eigenvalue weighted by Crippen LogP contribution is 2.21. The Morgan fingerprint density at radius 3 is 3.00 bits per heavy atom. The molecule has 0 bridgehead atoms. The lowest BCUT2D eigenvalue weighted by molar-refractivity contribution is 0.810. The van der Waals surface area contributed by atoms with E-state index in [2.05, 4.69) is 26.8 Å². The summed E-state index contributed by atoms with van der Waals surface area (Å²) in [4.78, 5) is 8.78. The van der Waals surface area contributed by atoms with E-state index >= 15 is 0 Å². The minimum atomic E-state index is 0.658. The molecular formula is C13H14N4S. The lowest BCUT2D eigenvalue weighted by Gasteiger charge is -2.00. The van der Waals surface area contributed by atoms with Crippen LogP contribution in [0.4, 0.5) is 0 Å². The van der Waals surface area contributed by atoms with Crippen molar-refractivity contribution in [3.05, 3.63) is 46.7 Å². The Hall–Kier alpha value is -1.72. The van der Waals surface area contributed by atoms with Gasteiger partial charge in [-0.05, 0) is 30.7 Å². The summed E-state index contributed by atoms with van der Waals surface area (Å²) in [7, 11) is 0. The van der Waals surface area contributed by atoms with E-state index in [4.69, 9.17) is 5.73 Å². The molecule has 92 valence electrons. The highest BCUT2D eigenvalue weighted by molar-refractivity contribution is 7.09. The van der Waals surface area contributed by atoms with Crippen molar-refractivity contribution in [3.63, 3.8) is 0 Å². The second-order valence-corrected chi connectivity index (χ2v) is 5.10. The predicted molar refractivity (Wildman–Crippen MR) is 73.7 cm³/mol. The number of fused-ring (bicyclic) bond motifs is 1. The molecule has 0 saturated heterocycles. The lowest BCUT2D eigenvalue weighted by Crippen LogP contribution is -2.02. The molecule has 0 atom stereocenters. The molecule has 0 radical (unpaired) electrons. The van der Waals surface area contributed by atoms with Crippen molar-refractivity contribution in [1.82, 2.24) is 14.5 Å². The summed E-state index contributed by atoms with van der Waals surface area (Å²) in [5.41, 5.74) is 7.93. The molecular weight excluding hydrogens is 244 g/mol. The van der Waals surface area contributed by atoms with Gasteiger partial charge < -0.3 is 10.3 Å². The zero-order valence-electron chi connectivity index (χ0n) is 9.91. The summed E-state index contributed by atoms with van der Waals surface area (Å²) >= 11 is 1.66. The van der Waals surface area contributed by atoms with Crippen molar-refractivity contribution in [2.75, 3.05) is 6.54 Å². The smallest absolute Gasteiger partial charge is 0.140 e. The molecule has 0 aromatic carbocycles. The minimum absolute atomic E-state index is 0.658. The molecule has 4 nitrogen and oxygen atoms in total. The van der Waals surface area contributed by atoms with Crippen LogP contribution in [0.2, 0.25) is 0 Å². The first-order valence-electron chi connectivity index (χ1n) is 5.89. The summed E-state index contributed by atoms with van der Waals surface area (Å²) in [6, 6.07) is 4.07. The van der Waals surface area contributed by atoms with Crippen LogP contribution >= 0.6 is 11.3 Å². The third-order valence-corrected chi connectivity index (χ3v) is 3.68. The first-order valence-corrected chi connectivity index (χ1v) is 6.77. The molecule has 2 N–H and O–H groups in total. The van der Waals surface area contributed by atoms with Gasteiger partial charge in [-0.3, -0.25) is 0 Å². The molecule has 3 heterocycles. The van der Waals surface area contributed by atoms with Gasteiger partial charge in [-0.2, -0.15) is 0 Å². The highest BCUT2D eigenvalue weighted by atomic mass is 32.1. The second-order valence-electron chi connectivity index (χ2n) is 4.12. The number of aromatic nitrogens is 3. The molecule has 0 aliphatic rings. The van der Waals surface area contributed by atoms with Gasteiger partial charge in [0.1, 0.15) is 10.7 Å². The van der Waals surface area contributed by atoms with Crippen molar-refractivity contribution < 1.29 is 0 Å². The van der Waals surface area contributed by atoms with Crippen molar-refractivity contribution in [3.8, 4) is 0 Å². The van der Waals surface area contributed by atoms with Crippen molar-refractivity contribution >= 4 is 22.4 Å². The molecule has 0 saturated carbocycles. The van der Waals surface area contributed by atoms with Crippen LogP contribution < -0.4 is 5.73 Å². The van der Waals surface area contributed by atoms with Crippen LogP contribution in [-0.4, -0.2) is 21.1 Å². The normalized spacial score (nSPS) is 11.2. The summed E-state index contributed by atoms with van der Waals surface area (Å²) < 4.78 is 2.15. The van der Waals surface area contributed by atoms with Gasteiger partial charge in [0, 0.05) is 29.4 Å². The number of hydrogen-bond acceptors (Lipinski definition) is 4. The molecule has 0 aliphatic carbocycles. The van der Waals surface area contributed by atoms with Crippen molar-refractivity contribution in [2.24, 2.45) is 5.73 Å². The number of nitrogens with two attached hydrogens (primary N) is 1. The van der Waals surface area contributed by atoms with Gasteiger partial charge in [-0.25, -0.2) is 9.97 Å². The maximum absolute atomic E-state index is 5.66. The third kappa shape index (κ3) is 2.02. The fraction of sp³-hybridized carbons (Fsp3) is 0.231. The molecule has 0 aliphatic heterocycles. The SMILES string of the molecule is NCCc1cn(Cc2nccs2)c2ncccc12. The molecule has 0 amide bonds. The Kier molecular flexibility index (Phi) is 3.08. The molecule has 18 heavy (non-hydrogen) atoms. The Labute approximate surface area is 109 Å². The van der Waals surface area contributed by atoms with Gasteiger partial charge in [0.05, 0.1) is 6.54 Å². The molecule has 0 fully saturated rings. The standard InChI is InChI=1S/C13H14N4S/c14-4-3-10-8-17(9-12-15-6-7-18-12)13-11(10)2-1-5-16-13/h1-2,5-8H,3-4,9,14H2. The number of pyridine rings is 1. The molecule has 0 unspecified atom stereocenters. The molecule has 3 aromatic heterocycles. The maximum Gasteiger partial charge on any atom is 0.140 e. The van der Waals surface area contributed by atoms with E-state index < -0.39 is 0 Å². The fourth-order valence-electron chi connectivity index (χ4n) is 2.15. The van der Waals surface area contributed by atoms with Gasteiger partial charge in [-0.15, -0.1) is 11.3 Å². The highest BCUT2D eigenvalue weighted by Gasteiger charge is 2.09. The van der Waals surface area contributed by atoms with Crippen LogP contribution in [-0.2, 0) is 13.0 Å². The van der Waals surface area contributed by atoms with Crippen molar-refractivity contribution in [2.45, 2.75) is 13.0 Å². The van der Waals surface area contributed by atoms with Crippen LogP contribution in [0, 0.1) is 0 Å². The molecule has 0 spiro atoms. The largest absolute Gasteiger partial charge is 0.330 e. The summed E-state index contributed by atoms with van der Waals surface area (Å²) in [5.74, 6) is 0. The zero-order valence-corrected chi connectivity index (χ0v) is 10.7. The summed E-state index contributed by atoms with van der Waals surface area (Å²) in [5, 5.41) is 4.28. The van der Waals surface area contributed by atoms with E-state index in [0.29, 0.717) is 6.54 Å². The predicted octanol–water partition coefficient (Wildman–Crippen LogP) is 2.04. The second kappa shape index (κ2) is 4.88. The molecule has 3 rings (SSSR count). The minimum Gasteiger partial charge on any atom is -0.330 e. The van der Waals surface area contributed by atoms with Crippen LogP contribution in [0.5, 0.6) is 0 Å². The lowest BCUT2D eigenvalue weighted by atomic mass is 10.2. The number of thiazole rings is 1. The third-order valence-electron chi connectivity index (χ3n) is 2.92. The van der Waals surface area contributed by atoms with Gasteiger partial charge in [0.15, 0.2) is 0 Å². The van der Waals surface area contributed by atoms with Gasteiger partial charge in [-0.1, -0.05) is 0 Å². The van der Waals surface area contributed by atoms with Gasteiger partial charge >= 0.3 is 0 Å². The van der Waals surface area contributed by atoms with Gasteiger partial charge in [0.25, 0.3) is 0 Å². The average Bonchev–Trinajstić information content (AvgIpc) is 3.00. The van der Waals surface area contributed by atoms with E-state index in [1.165, 1.54) is 10.9 Å². The first-order chi connectivity index (χ1) is 8.88. The zero-order chi connectivity index (χ0) is 12.4. The van der Waals surface area contributed by atoms with E-state index in [0.717, 1.165) is 23.6 Å². The van der Waals surface area contributed by atoms with E-state index in [1.807, 2.05) is 23.8 Å².